The molecule has 0 aliphatic carbocycles. The Labute approximate surface area is 149 Å². The van der Waals surface area contributed by atoms with E-state index in [-0.39, 0.29) is 0 Å². The van der Waals surface area contributed by atoms with E-state index in [1.54, 1.807) is 10.9 Å². The maximum absolute atomic E-state index is 6.05. The molecule has 2 heterocycles. The average molecular weight is 351 g/mol. The first-order valence-electron chi connectivity index (χ1n) is 7.81. The Kier molecular flexibility index (Phi) is 3.86. The number of benzene rings is 2. The molecule has 0 radical (unpaired) electrons. The number of hydrogen-bond donors (Lipinski definition) is 0. The van der Waals surface area contributed by atoms with Crippen LogP contribution in [0.15, 0.2) is 55.0 Å². The van der Waals surface area contributed by atoms with Gasteiger partial charge in [0, 0.05) is 5.02 Å². The lowest BCUT2D eigenvalue weighted by Crippen LogP contribution is -1.98. The number of fused-ring (bicyclic) bond motifs is 1. The van der Waals surface area contributed by atoms with Gasteiger partial charge in [0.1, 0.15) is 17.5 Å². The molecule has 2 aromatic heterocycles. The third-order valence-corrected chi connectivity index (χ3v) is 4.20. The lowest BCUT2D eigenvalue weighted by molar-refractivity contribution is 0.464. The van der Waals surface area contributed by atoms with Crippen molar-refractivity contribution in [3.8, 4) is 17.3 Å². The van der Waals surface area contributed by atoms with Crippen molar-refractivity contribution in [2.45, 2.75) is 13.8 Å². The van der Waals surface area contributed by atoms with Crippen LogP contribution < -0.4 is 4.74 Å². The first-order valence-corrected chi connectivity index (χ1v) is 8.19. The summed E-state index contributed by atoms with van der Waals surface area (Å²) in [5.41, 5.74) is 3.72. The molecule has 0 amide bonds. The van der Waals surface area contributed by atoms with Crippen LogP contribution in [0.1, 0.15) is 11.1 Å². The van der Waals surface area contributed by atoms with Gasteiger partial charge in [-0.15, -0.1) is 0 Å². The van der Waals surface area contributed by atoms with Gasteiger partial charge in [-0.2, -0.15) is 5.10 Å². The summed E-state index contributed by atoms with van der Waals surface area (Å²) in [5.74, 6) is 1.26. The van der Waals surface area contributed by atoms with Gasteiger partial charge in [0.2, 0.25) is 5.88 Å². The summed E-state index contributed by atoms with van der Waals surface area (Å²) in [7, 11) is 0. The van der Waals surface area contributed by atoms with Gasteiger partial charge < -0.3 is 4.74 Å². The number of aryl methyl sites for hydroxylation is 2. The van der Waals surface area contributed by atoms with E-state index in [0.29, 0.717) is 16.5 Å². The Morgan fingerprint density at radius 3 is 2.60 bits per heavy atom. The maximum atomic E-state index is 6.05. The molecule has 0 aliphatic rings. The van der Waals surface area contributed by atoms with Crippen LogP contribution in [0.3, 0.4) is 0 Å². The van der Waals surface area contributed by atoms with Gasteiger partial charge in [0.05, 0.1) is 11.9 Å². The van der Waals surface area contributed by atoms with Gasteiger partial charge in [-0.25, -0.2) is 14.6 Å². The predicted octanol–water partition coefficient (Wildman–Crippen LogP) is 4.88. The molecular formula is C19H15ClN4O. The minimum absolute atomic E-state index is 0.485. The maximum Gasteiger partial charge on any atom is 0.233 e. The van der Waals surface area contributed by atoms with Crippen molar-refractivity contribution in [2.24, 2.45) is 0 Å². The van der Waals surface area contributed by atoms with Crippen molar-refractivity contribution >= 4 is 22.6 Å². The fourth-order valence-corrected chi connectivity index (χ4v) is 2.72. The highest BCUT2D eigenvalue weighted by Crippen LogP contribution is 2.30. The first kappa shape index (κ1) is 15.6. The van der Waals surface area contributed by atoms with Crippen LogP contribution in [0.4, 0.5) is 0 Å². The van der Waals surface area contributed by atoms with E-state index in [0.717, 1.165) is 28.0 Å². The summed E-state index contributed by atoms with van der Waals surface area (Å²) >= 11 is 5.96. The fraction of sp³-hybridized carbons (Fsp3) is 0.105. The molecule has 0 bridgehead atoms. The molecule has 0 atom stereocenters. The van der Waals surface area contributed by atoms with Crippen molar-refractivity contribution in [1.82, 2.24) is 19.7 Å². The molecule has 2 aromatic carbocycles. The highest BCUT2D eigenvalue weighted by atomic mass is 35.5. The van der Waals surface area contributed by atoms with Crippen LogP contribution in [-0.4, -0.2) is 19.7 Å². The average Bonchev–Trinajstić information content (AvgIpc) is 3.04. The normalized spacial score (nSPS) is 11.0. The van der Waals surface area contributed by atoms with Crippen LogP contribution in [-0.2, 0) is 0 Å². The van der Waals surface area contributed by atoms with Crippen molar-refractivity contribution in [1.29, 1.82) is 0 Å². The monoisotopic (exact) mass is 350 g/mol. The molecule has 0 N–H and O–H groups in total. The number of aromatic nitrogens is 4. The molecule has 0 unspecified atom stereocenters. The van der Waals surface area contributed by atoms with E-state index < -0.39 is 0 Å². The van der Waals surface area contributed by atoms with Gasteiger partial charge in [0.15, 0.2) is 5.65 Å². The highest BCUT2D eigenvalue weighted by molar-refractivity contribution is 6.30. The lowest BCUT2D eigenvalue weighted by Gasteiger charge is -2.09. The van der Waals surface area contributed by atoms with Gasteiger partial charge in [-0.05, 0) is 55.3 Å². The summed E-state index contributed by atoms with van der Waals surface area (Å²) in [6, 6.07) is 13.5. The highest BCUT2D eigenvalue weighted by Gasteiger charge is 2.13. The summed E-state index contributed by atoms with van der Waals surface area (Å²) in [5, 5.41) is 5.85. The van der Waals surface area contributed by atoms with Crippen LogP contribution in [0, 0.1) is 13.8 Å². The summed E-state index contributed by atoms with van der Waals surface area (Å²) in [6.45, 7) is 4.03. The second-order valence-electron chi connectivity index (χ2n) is 5.82. The van der Waals surface area contributed by atoms with E-state index in [1.807, 2.05) is 50.2 Å². The van der Waals surface area contributed by atoms with Crippen molar-refractivity contribution in [2.75, 3.05) is 0 Å². The minimum atomic E-state index is 0.485. The van der Waals surface area contributed by atoms with Crippen LogP contribution in [0.25, 0.3) is 16.7 Å². The van der Waals surface area contributed by atoms with Crippen molar-refractivity contribution < 1.29 is 4.74 Å². The third-order valence-electron chi connectivity index (χ3n) is 3.95. The van der Waals surface area contributed by atoms with E-state index >= 15 is 0 Å². The number of ether oxygens (including phenoxy) is 1. The van der Waals surface area contributed by atoms with Crippen LogP contribution >= 0.6 is 11.6 Å². The molecule has 6 heteroatoms. The zero-order valence-electron chi connectivity index (χ0n) is 13.8. The summed E-state index contributed by atoms with van der Waals surface area (Å²) in [6.07, 6.45) is 3.20. The Morgan fingerprint density at radius 2 is 1.80 bits per heavy atom. The molecular weight excluding hydrogens is 336 g/mol. The Hall–Kier alpha value is -2.92. The van der Waals surface area contributed by atoms with Crippen molar-refractivity contribution in [3.05, 3.63) is 71.1 Å². The zero-order valence-corrected chi connectivity index (χ0v) is 14.5. The molecule has 0 aliphatic heterocycles. The van der Waals surface area contributed by atoms with E-state index in [4.69, 9.17) is 16.3 Å². The number of hydrogen-bond acceptors (Lipinski definition) is 4. The van der Waals surface area contributed by atoms with Gasteiger partial charge in [0.25, 0.3) is 0 Å². The molecule has 25 heavy (non-hydrogen) atoms. The Bertz CT molecular complexity index is 1060. The summed E-state index contributed by atoms with van der Waals surface area (Å²) in [4.78, 5) is 8.64. The smallest absolute Gasteiger partial charge is 0.233 e. The van der Waals surface area contributed by atoms with E-state index in [2.05, 4.69) is 21.1 Å². The Morgan fingerprint density at radius 1 is 1.00 bits per heavy atom. The third kappa shape index (κ3) is 2.94. The number of nitrogens with zero attached hydrogens (tertiary/aromatic N) is 4. The van der Waals surface area contributed by atoms with E-state index in [1.165, 1.54) is 6.33 Å². The second kappa shape index (κ2) is 6.18. The quantitative estimate of drug-likeness (QED) is 0.528. The van der Waals surface area contributed by atoms with Crippen LogP contribution in [0.5, 0.6) is 11.6 Å². The number of halogens is 1. The molecule has 4 rings (SSSR count). The lowest BCUT2D eigenvalue weighted by atomic mass is 10.1. The number of rotatable bonds is 3. The van der Waals surface area contributed by atoms with E-state index in [9.17, 15) is 0 Å². The standard InChI is InChI=1S/C19H15ClN4O/c1-12-3-4-13(2)17(9-12)25-19-16-10-23-24(18(16)21-11-22-19)15-7-5-14(20)6-8-15/h3-11H,1-2H3. The zero-order chi connectivity index (χ0) is 17.4. The SMILES string of the molecule is Cc1ccc(C)c(Oc2ncnc3c2cnn3-c2ccc(Cl)cc2)c1. The first-order chi connectivity index (χ1) is 12.1. The molecule has 0 fully saturated rings. The Balaban J connectivity index is 1.79. The predicted molar refractivity (Wildman–Crippen MR) is 97.7 cm³/mol. The van der Waals surface area contributed by atoms with Crippen molar-refractivity contribution in [3.63, 3.8) is 0 Å². The minimum Gasteiger partial charge on any atom is -0.438 e. The molecule has 4 aromatic rings. The molecule has 5 nitrogen and oxygen atoms in total. The van der Waals surface area contributed by atoms with Gasteiger partial charge in [-0.3, -0.25) is 0 Å². The fourth-order valence-electron chi connectivity index (χ4n) is 2.60. The molecule has 0 spiro atoms. The molecule has 124 valence electrons. The van der Waals surface area contributed by atoms with Gasteiger partial charge >= 0.3 is 0 Å². The topological polar surface area (TPSA) is 52.8 Å². The second-order valence-corrected chi connectivity index (χ2v) is 6.26. The summed E-state index contributed by atoms with van der Waals surface area (Å²) < 4.78 is 7.79. The molecule has 0 saturated carbocycles. The molecule has 0 saturated heterocycles. The van der Waals surface area contributed by atoms with Crippen LogP contribution in [0.2, 0.25) is 5.02 Å². The largest absolute Gasteiger partial charge is 0.438 e. The van der Waals surface area contributed by atoms with Gasteiger partial charge in [-0.1, -0.05) is 23.7 Å².